The Balaban J connectivity index is 2.03. The van der Waals surface area contributed by atoms with Crippen LogP contribution in [0.1, 0.15) is 6.42 Å². The Bertz CT molecular complexity index is 497. The fourth-order valence-corrected chi connectivity index (χ4v) is 1.63. The lowest BCUT2D eigenvalue weighted by molar-refractivity contribution is -0.384. The molecule has 0 spiro atoms. The fourth-order valence-electron chi connectivity index (χ4n) is 1.63. The Morgan fingerprint density at radius 1 is 1.39 bits per heavy atom. The average Bonchev–Trinajstić information content (AvgIpc) is 2.76. The third-order valence-corrected chi connectivity index (χ3v) is 2.60. The Kier molecular flexibility index (Phi) is 3.22. The third-order valence-electron chi connectivity index (χ3n) is 2.60. The van der Waals surface area contributed by atoms with Gasteiger partial charge in [-0.3, -0.25) is 19.7 Å². The number of nitrogens with zero attached hydrogens (tertiary/aromatic N) is 1. The van der Waals surface area contributed by atoms with Crippen molar-refractivity contribution in [2.24, 2.45) is 5.92 Å². The molecule has 1 aliphatic heterocycles. The van der Waals surface area contributed by atoms with E-state index in [1.165, 1.54) is 24.3 Å². The van der Waals surface area contributed by atoms with Gasteiger partial charge in [0.05, 0.1) is 11.5 Å². The fraction of sp³-hybridized carbons (Fsp3) is 0.273. The Morgan fingerprint density at radius 3 is 2.56 bits per heavy atom. The van der Waals surface area contributed by atoms with Crippen molar-refractivity contribution in [1.29, 1.82) is 0 Å². The first-order chi connectivity index (χ1) is 8.58. The highest BCUT2D eigenvalue weighted by molar-refractivity contribution is 6.05. The number of cyclic esters (lactones) is 1. The van der Waals surface area contributed by atoms with Gasteiger partial charge in [-0.05, 0) is 12.1 Å². The van der Waals surface area contributed by atoms with E-state index < -0.39 is 22.7 Å². The molecule has 18 heavy (non-hydrogen) atoms. The molecular weight excluding hydrogens is 240 g/mol. The molecular formula is C11H10N2O5. The summed E-state index contributed by atoms with van der Waals surface area (Å²) in [6, 6.07) is 5.39. The molecule has 1 N–H and O–H groups in total. The van der Waals surface area contributed by atoms with Gasteiger partial charge in [0, 0.05) is 24.2 Å². The highest BCUT2D eigenvalue weighted by atomic mass is 16.6. The molecule has 94 valence electrons. The lowest BCUT2D eigenvalue weighted by Crippen LogP contribution is -2.26. The maximum absolute atomic E-state index is 11.7. The minimum absolute atomic E-state index is 0.0618. The monoisotopic (exact) mass is 250 g/mol. The molecule has 1 atom stereocenters. The van der Waals surface area contributed by atoms with Crippen molar-refractivity contribution in [2.75, 3.05) is 11.9 Å². The molecule has 0 radical (unpaired) electrons. The van der Waals surface area contributed by atoms with Gasteiger partial charge < -0.3 is 10.1 Å². The molecule has 1 saturated heterocycles. The maximum atomic E-state index is 11.7. The number of ether oxygens (including phenoxy) is 1. The quantitative estimate of drug-likeness (QED) is 0.375. The predicted octanol–water partition coefficient (Wildman–Crippen LogP) is 1.10. The summed E-state index contributed by atoms with van der Waals surface area (Å²) in [4.78, 5) is 32.8. The van der Waals surface area contributed by atoms with Gasteiger partial charge in [0.25, 0.3) is 5.69 Å². The van der Waals surface area contributed by atoms with Crippen molar-refractivity contribution in [1.82, 2.24) is 0 Å². The molecule has 0 bridgehead atoms. The topological polar surface area (TPSA) is 98.5 Å². The lowest BCUT2D eigenvalue weighted by atomic mass is 10.1. The number of hydrogen-bond donors (Lipinski definition) is 1. The summed E-state index contributed by atoms with van der Waals surface area (Å²) in [7, 11) is 0. The Morgan fingerprint density at radius 2 is 2.06 bits per heavy atom. The van der Waals surface area contributed by atoms with Gasteiger partial charge in [-0.1, -0.05) is 0 Å². The van der Waals surface area contributed by atoms with Crippen molar-refractivity contribution >= 4 is 23.3 Å². The second-order valence-electron chi connectivity index (χ2n) is 3.80. The Hall–Kier alpha value is -2.44. The van der Waals surface area contributed by atoms with E-state index in [0.29, 0.717) is 12.1 Å². The minimum atomic E-state index is -0.791. The highest BCUT2D eigenvalue weighted by Gasteiger charge is 2.33. The van der Waals surface area contributed by atoms with Gasteiger partial charge in [0.1, 0.15) is 5.92 Å². The summed E-state index contributed by atoms with van der Waals surface area (Å²) >= 11 is 0. The molecule has 1 amide bonds. The second kappa shape index (κ2) is 4.82. The molecule has 1 fully saturated rings. The molecule has 0 aliphatic carbocycles. The molecule has 0 saturated carbocycles. The van der Waals surface area contributed by atoms with Gasteiger partial charge in [0.15, 0.2) is 0 Å². The first kappa shape index (κ1) is 12.0. The van der Waals surface area contributed by atoms with Crippen LogP contribution in [-0.4, -0.2) is 23.4 Å². The molecule has 1 aromatic rings. The van der Waals surface area contributed by atoms with Crippen LogP contribution in [0.3, 0.4) is 0 Å². The zero-order chi connectivity index (χ0) is 13.1. The van der Waals surface area contributed by atoms with Gasteiger partial charge in [-0.15, -0.1) is 0 Å². The summed E-state index contributed by atoms with van der Waals surface area (Å²) in [6.45, 7) is 0.247. The molecule has 7 heteroatoms. The third kappa shape index (κ3) is 2.45. The second-order valence-corrected chi connectivity index (χ2v) is 3.80. The van der Waals surface area contributed by atoms with Crippen molar-refractivity contribution in [2.45, 2.75) is 6.42 Å². The zero-order valence-corrected chi connectivity index (χ0v) is 9.29. The minimum Gasteiger partial charge on any atom is -0.465 e. The van der Waals surface area contributed by atoms with Crippen LogP contribution in [-0.2, 0) is 14.3 Å². The van der Waals surface area contributed by atoms with E-state index in [1.807, 2.05) is 0 Å². The smallest absolute Gasteiger partial charge is 0.318 e. The summed E-state index contributed by atoms with van der Waals surface area (Å²) in [5.74, 6) is -1.78. The lowest BCUT2D eigenvalue weighted by Gasteiger charge is -2.07. The average molecular weight is 250 g/mol. The van der Waals surface area contributed by atoms with E-state index in [1.54, 1.807) is 0 Å². The summed E-state index contributed by atoms with van der Waals surface area (Å²) < 4.78 is 4.69. The van der Waals surface area contributed by atoms with Crippen LogP contribution >= 0.6 is 0 Å². The van der Waals surface area contributed by atoms with E-state index in [-0.39, 0.29) is 12.3 Å². The molecule has 1 unspecified atom stereocenters. The molecule has 1 aromatic carbocycles. The van der Waals surface area contributed by atoms with Crippen LogP contribution in [0.5, 0.6) is 0 Å². The first-order valence-corrected chi connectivity index (χ1v) is 5.30. The maximum Gasteiger partial charge on any atom is 0.318 e. The normalized spacial score (nSPS) is 18.2. The van der Waals surface area contributed by atoms with E-state index in [4.69, 9.17) is 0 Å². The van der Waals surface area contributed by atoms with Crippen LogP contribution in [0.25, 0.3) is 0 Å². The number of benzene rings is 1. The molecule has 2 rings (SSSR count). The van der Waals surface area contributed by atoms with Crippen LogP contribution in [0, 0.1) is 16.0 Å². The van der Waals surface area contributed by atoms with E-state index >= 15 is 0 Å². The summed E-state index contributed by atoms with van der Waals surface area (Å²) in [5.41, 5.74) is 0.346. The predicted molar refractivity (Wildman–Crippen MR) is 60.8 cm³/mol. The standard InChI is InChI=1S/C11H10N2O5/c14-10(9-5-6-18-11(9)15)12-7-1-3-8(4-2-7)13(16)17/h1-4,9H,5-6H2,(H,12,14). The van der Waals surface area contributed by atoms with Crippen LogP contribution in [0.15, 0.2) is 24.3 Å². The van der Waals surface area contributed by atoms with Gasteiger partial charge >= 0.3 is 5.97 Å². The largest absolute Gasteiger partial charge is 0.465 e. The van der Waals surface area contributed by atoms with E-state index in [2.05, 4.69) is 10.1 Å². The number of rotatable bonds is 3. The number of nitro benzene ring substituents is 1. The van der Waals surface area contributed by atoms with Gasteiger partial charge in [-0.2, -0.15) is 0 Å². The Labute approximate surface area is 102 Å². The van der Waals surface area contributed by atoms with Gasteiger partial charge in [0.2, 0.25) is 5.91 Å². The number of amides is 1. The number of hydrogen-bond acceptors (Lipinski definition) is 5. The van der Waals surface area contributed by atoms with E-state index in [0.717, 1.165) is 0 Å². The van der Waals surface area contributed by atoms with Crippen molar-refractivity contribution in [3.8, 4) is 0 Å². The van der Waals surface area contributed by atoms with Crippen LogP contribution in [0.2, 0.25) is 0 Å². The molecule has 1 aliphatic rings. The number of nitro groups is 1. The van der Waals surface area contributed by atoms with Gasteiger partial charge in [-0.25, -0.2) is 0 Å². The highest BCUT2D eigenvalue weighted by Crippen LogP contribution is 2.19. The summed E-state index contributed by atoms with van der Waals surface area (Å²) in [5, 5.41) is 13.0. The number of nitrogens with one attached hydrogen (secondary N) is 1. The number of esters is 1. The summed E-state index contributed by atoms with van der Waals surface area (Å²) in [6.07, 6.45) is 0.359. The molecule has 7 nitrogen and oxygen atoms in total. The molecule has 1 heterocycles. The number of carbonyl (C=O) groups excluding carboxylic acids is 2. The number of anilines is 1. The van der Waals surface area contributed by atoms with Crippen molar-refractivity contribution in [3.63, 3.8) is 0 Å². The van der Waals surface area contributed by atoms with Crippen LogP contribution < -0.4 is 5.32 Å². The van der Waals surface area contributed by atoms with Crippen molar-refractivity contribution < 1.29 is 19.2 Å². The molecule has 0 aromatic heterocycles. The zero-order valence-electron chi connectivity index (χ0n) is 9.29. The number of non-ortho nitro benzene ring substituents is 1. The van der Waals surface area contributed by atoms with Crippen LogP contribution in [0.4, 0.5) is 11.4 Å². The first-order valence-electron chi connectivity index (χ1n) is 5.30. The van der Waals surface area contributed by atoms with Crippen molar-refractivity contribution in [3.05, 3.63) is 34.4 Å². The number of carbonyl (C=O) groups is 2. The SMILES string of the molecule is O=C(Nc1ccc([N+](=O)[O-])cc1)C1CCOC1=O. The van der Waals surface area contributed by atoms with E-state index in [9.17, 15) is 19.7 Å².